The van der Waals surface area contributed by atoms with Gasteiger partial charge in [-0.25, -0.2) is 0 Å². The number of fused-ring (bicyclic) bond motifs is 1. The Kier molecular flexibility index (Phi) is 3.18. The molecule has 21 heavy (non-hydrogen) atoms. The molecule has 2 aromatic rings. The number of halogens is 1. The number of amides is 1. The fourth-order valence-corrected chi connectivity index (χ4v) is 2.63. The van der Waals surface area contributed by atoms with Crippen LogP contribution in [-0.4, -0.2) is 18.7 Å². The molecule has 3 rings (SSSR count). The van der Waals surface area contributed by atoms with Crippen LogP contribution in [0.5, 0.6) is 0 Å². The first-order chi connectivity index (χ1) is 9.97. The molecule has 0 bridgehead atoms. The van der Waals surface area contributed by atoms with Gasteiger partial charge in [0.25, 0.3) is 0 Å². The minimum atomic E-state index is -0.137. The Morgan fingerprint density at radius 1 is 1.19 bits per heavy atom. The molecule has 4 nitrogen and oxygen atoms in total. The van der Waals surface area contributed by atoms with Gasteiger partial charge in [0.2, 0.25) is 5.91 Å². The van der Waals surface area contributed by atoms with Crippen molar-refractivity contribution in [2.24, 2.45) is 0 Å². The standard InChI is InChI=1S/C16H13ClN2O2/c1-19-14-5-3-9(6-11(14)8-15(19)20)16(21)10-2-4-13(18)12(17)7-10/h2-7H,8,18H2,1H3. The lowest BCUT2D eigenvalue weighted by molar-refractivity contribution is -0.117. The van der Waals surface area contributed by atoms with E-state index in [0.717, 1.165) is 11.3 Å². The predicted molar refractivity (Wildman–Crippen MR) is 82.9 cm³/mol. The molecule has 106 valence electrons. The second kappa shape index (κ2) is 4.90. The van der Waals surface area contributed by atoms with Gasteiger partial charge in [-0.3, -0.25) is 9.59 Å². The highest BCUT2D eigenvalue weighted by Crippen LogP contribution is 2.29. The van der Waals surface area contributed by atoms with Gasteiger partial charge >= 0.3 is 0 Å². The molecule has 0 saturated heterocycles. The Balaban J connectivity index is 1.98. The predicted octanol–water partition coefficient (Wildman–Crippen LogP) is 2.67. The second-order valence-electron chi connectivity index (χ2n) is 5.04. The van der Waals surface area contributed by atoms with Crippen molar-refractivity contribution < 1.29 is 9.59 Å². The van der Waals surface area contributed by atoms with Gasteiger partial charge in [-0.2, -0.15) is 0 Å². The lowest BCUT2D eigenvalue weighted by Gasteiger charge is -2.10. The number of hydrogen-bond donors (Lipinski definition) is 1. The summed E-state index contributed by atoms with van der Waals surface area (Å²) in [5.74, 6) is -0.105. The normalized spacial score (nSPS) is 13.4. The van der Waals surface area contributed by atoms with Crippen LogP contribution in [0, 0.1) is 0 Å². The first-order valence-electron chi connectivity index (χ1n) is 6.46. The Hall–Kier alpha value is -2.33. The van der Waals surface area contributed by atoms with Crippen LogP contribution in [0.25, 0.3) is 0 Å². The number of likely N-dealkylation sites (N-methyl/N-ethyl adjacent to an activating group) is 1. The Labute approximate surface area is 127 Å². The van der Waals surface area contributed by atoms with Crippen LogP contribution < -0.4 is 10.6 Å². The van der Waals surface area contributed by atoms with Crippen LogP contribution in [0.4, 0.5) is 11.4 Å². The molecule has 0 saturated carbocycles. The molecule has 0 aromatic heterocycles. The third kappa shape index (κ3) is 2.28. The van der Waals surface area contributed by atoms with E-state index in [-0.39, 0.29) is 11.7 Å². The second-order valence-corrected chi connectivity index (χ2v) is 5.45. The van der Waals surface area contributed by atoms with E-state index in [1.807, 2.05) is 0 Å². The molecule has 0 aliphatic carbocycles. The summed E-state index contributed by atoms with van der Waals surface area (Å²) in [6.07, 6.45) is 0.329. The zero-order valence-electron chi connectivity index (χ0n) is 11.4. The quantitative estimate of drug-likeness (QED) is 0.685. The van der Waals surface area contributed by atoms with Crippen LogP contribution in [0.15, 0.2) is 36.4 Å². The van der Waals surface area contributed by atoms with E-state index in [0.29, 0.717) is 28.3 Å². The summed E-state index contributed by atoms with van der Waals surface area (Å²) in [6, 6.07) is 10.1. The van der Waals surface area contributed by atoms with E-state index in [9.17, 15) is 9.59 Å². The van der Waals surface area contributed by atoms with Crippen LogP contribution in [0.3, 0.4) is 0 Å². The van der Waals surface area contributed by atoms with E-state index in [1.165, 1.54) is 0 Å². The average molecular weight is 301 g/mol. The summed E-state index contributed by atoms with van der Waals surface area (Å²) in [7, 11) is 1.73. The molecule has 0 spiro atoms. The molecular weight excluding hydrogens is 288 g/mol. The highest BCUT2D eigenvalue weighted by atomic mass is 35.5. The molecule has 0 unspecified atom stereocenters. The first kappa shape index (κ1) is 13.6. The van der Waals surface area contributed by atoms with Crippen molar-refractivity contribution in [3.63, 3.8) is 0 Å². The maximum absolute atomic E-state index is 12.5. The van der Waals surface area contributed by atoms with Crippen molar-refractivity contribution in [3.8, 4) is 0 Å². The van der Waals surface area contributed by atoms with Crippen molar-refractivity contribution in [2.45, 2.75) is 6.42 Å². The lowest BCUT2D eigenvalue weighted by Crippen LogP contribution is -2.20. The Morgan fingerprint density at radius 3 is 2.57 bits per heavy atom. The fraction of sp³-hybridized carbons (Fsp3) is 0.125. The maximum Gasteiger partial charge on any atom is 0.231 e. The number of carbonyl (C=O) groups excluding carboxylic acids is 2. The number of ketones is 1. The van der Waals surface area contributed by atoms with Gasteiger partial charge in [-0.05, 0) is 42.0 Å². The number of nitrogen functional groups attached to an aromatic ring is 1. The van der Waals surface area contributed by atoms with E-state index in [4.69, 9.17) is 17.3 Å². The summed E-state index contributed by atoms with van der Waals surface area (Å²) < 4.78 is 0. The molecule has 0 radical (unpaired) electrons. The number of anilines is 2. The van der Waals surface area contributed by atoms with E-state index in [1.54, 1.807) is 48.3 Å². The summed E-state index contributed by atoms with van der Waals surface area (Å²) in [6.45, 7) is 0. The summed E-state index contributed by atoms with van der Waals surface area (Å²) in [4.78, 5) is 25.7. The SMILES string of the molecule is CN1C(=O)Cc2cc(C(=O)c3ccc(N)c(Cl)c3)ccc21. The molecule has 1 aliphatic rings. The van der Waals surface area contributed by atoms with Gasteiger partial charge in [-0.15, -0.1) is 0 Å². The highest BCUT2D eigenvalue weighted by molar-refractivity contribution is 6.33. The largest absolute Gasteiger partial charge is 0.398 e. The monoisotopic (exact) mass is 300 g/mol. The van der Waals surface area contributed by atoms with Crippen LogP contribution in [0.1, 0.15) is 21.5 Å². The summed E-state index contributed by atoms with van der Waals surface area (Å²) >= 11 is 5.95. The minimum Gasteiger partial charge on any atom is -0.398 e. The molecule has 2 aromatic carbocycles. The zero-order chi connectivity index (χ0) is 15.1. The molecule has 1 aliphatic heterocycles. The zero-order valence-corrected chi connectivity index (χ0v) is 12.1. The number of hydrogen-bond acceptors (Lipinski definition) is 3. The molecule has 5 heteroatoms. The number of rotatable bonds is 2. The molecule has 2 N–H and O–H groups in total. The lowest BCUT2D eigenvalue weighted by atomic mass is 10.00. The van der Waals surface area contributed by atoms with Crippen molar-refractivity contribution in [1.29, 1.82) is 0 Å². The van der Waals surface area contributed by atoms with E-state index >= 15 is 0 Å². The molecule has 0 atom stereocenters. The average Bonchev–Trinajstić information content (AvgIpc) is 2.76. The van der Waals surface area contributed by atoms with Gasteiger partial charge in [0, 0.05) is 23.9 Å². The third-order valence-corrected chi connectivity index (χ3v) is 4.01. The van der Waals surface area contributed by atoms with Gasteiger partial charge in [0.05, 0.1) is 17.1 Å². The molecule has 0 fully saturated rings. The first-order valence-corrected chi connectivity index (χ1v) is 6.84. The van der Waals surface area contributed by atoms with Gasteiger partial charge in [0.1, 0.15) is 0 Å². The van der Waals surface area contributed by atoms with Crippen LogP contribution >= 0.6 is 11.6 Å². The Morgan fingerprint density at radius 2 is 1.86 bits per heavy atom. The number of nitrogens with two attached hydrogens (primary N) is 1. The van der Waals surface area contributed by atoms with Crippen molar-refractivity contribution in [3.05, 3.63) is 58.1 Å². The molecular formula is C16H13ClN2O2. The van der Waals surface area contributed by atoms with Crippen molar-refractivity contribution in [1.82, 2.24) is 0 Å². The Bertz CT molecular complexity index is 771. The minimum absolute atomic E-state index is 0.0325. The highest BCUT2D eigenvalue weighted by Gasteiger charge is 2.25. The third-order valence-electron chi connectivity index (χ3n) is 3.68. The number of carbonyl (C=O) groups is 2. The van der Waals surface area contributed by atoms with Crippen LogP contribution in [0.2, 0.25) is 5.02 Å². The summed E-state index contributed by atoms with van der Waals surface area (Å²) in [5, 5.41) is 0.358. The van der Waals surface area contributed by atoms with Crippen LogP contribution in [-0.2, 0) is 11.2 Å². The molecule has 1 amide bonds. The fourth-order valence-electron chi connectivity index (χ4n) is 2.45. The number of benzene rings is 2. The topological polar surface area (TPSA) is 63.4 Å². The van der Waals surface area contributed by atoms with Crippen molar-refractivity contribution in [2.75, 3.05) is 17.7 Å². The van der Waals surface area contributed by atoms with Gasteiger partial charge in [-0.1, -0.05) is 11.6 Å². The maximum atomic E-state index is 12.5. The van der Waals surface area contributed by atoms with Gasteiger partial charge < -0.3 is 10.6 Å². The number of nitrogens with zero attached hydrogens (tertiary/aromatic N) is 1. The van der Waals surface area contributed by atoms with Gasteiger partial charge in [0.15, 0.2) is 5.78 Å². The smallest absolute Gasteiger partial charge is 0.231 e. The molecule has 1 heterocycles. The van der Waals surface area contributed by atoms with Crippen molar-refractivity contribution >= 4 is 34.7 Å². The van der Waals surface area contributed by atoms with E-state index in [2.05, 4.69) is 0 Å². The summed E-state index contributed by atoms with van der Waals surface area (Å²) in [5.41, 5.74) is 8.83. The van der Waals surface area contributed by atoms with E-state index < -0.39 is 0 Å².